The smallest absolute Gasteiger partial charge is 0.410 e. The predicted molar refractivity (Wildman–Crippen MR) is 97.7 cm³/mol. The Kier molecular flexibility index (Phi) is 5.25. The number of hydrogen-bond acceptors (Lipinski definition) is 5. The number of aromatic nitrogens is 4. The quantitative estimate of drug-likeness (QED) is 0.843. The molecular formula is C19H27N5O2. The summed E-state index contributed by atoms with van der Waals surface area (Å²) >= 11 is 0. The number of carbonyl (C=O) groups is 1. The Morgan fingerprint density at radius 2 is 1.85 bits per heavy atom. The van der Waals surface area contributed by atoms with Crippen molar-refractivity contribution in [2.75, 3.05) is 13.1 Å². The van der Waals surface area contributed by atoms with E-state index in [1.807, 2.05) is 45.9 Å². The van der Waals surface area contributed by atoms with Crippen molar-refractivity contribution >= 4 is 6.09 Å². The van der Waals surface area contributed by atoms with Gasteiger partial charge in [0.05, 0.1) is 0 Å². The molecule has 1 aliphatic heterocycles. The molecule has 1 aromatic heterocycles. The van der Waals surface area contributed by atoms with Crippen molar-refractivity contribution in [3.05, 3.63) is 41.7 Å². The number of hydrogen-bond donors (Lipinski definition) is 0. The first-order chi connectivity index (χ1) is 12.3. The van der Waals surface area contributed by atoms with Crippen LogP contribution in [-0.2, 0) is 4.74 Å². The van der Waals surface area contributed by atoms with E-state index in [1.54, 1.807) is 9.70 Å². The van der Waals surface area contributed by atoms with E-state index in [0.717, 1.165) is 12.8 Å². The molecule has 1 atom stereocenters. The summed E-state index contributed by atoms with van der Waals surface area (Å²) in [7, 11) is 0. The summed E-state index contributed by atoms with van der Waals surface area (Å²) in [6.45, 7) is 8.87. The minimum absolute atomic E-state index is 0.0261. The molecule has 7 heteroatoms. The molecule has 0 bridgehead atoms. The van der Waals surface area contributed by atoms with Gasteiger partial charge in [-0.25, -0.2) is 4.79 Å². The fourth-order valence-corrected chi connectivity index (χ4v) is 3.39. The van der Waals surface area contributed by atoms with Gasteiger partial charge in [0.2, 0.25) is 0 Å². The maximum absolute atomic E-state index is 12.3. The molecule has 0 unspecified atom stereocenters. The normalized spacial score (nSPS) is 17.2. The first kappa shape index (κ1) is 18.4. The van der Waals surface area contributed by atoms with Crippen molar-refractivity contribution in [2.45, 2.75) is 52.2 Å². The molecule has 0 saturated carbocycles. The average Bonchev–Trinajstić information content (AvgIpc) is 3.01. The second-order valence-electron chi connectivity index (χ2n) is 7.82. The van der Waals surface area contributed by atoms with Crippen LogP contribution in [0.1, 0.15) is 51.0 Å². The zero-order valence-electron chi connectivity index (χ0n) is 15.9. The Morgan fingerprint density at radius 1 is 1.19 bits per heavy atom. The Morgan fingerprint density at radius 3 is 2.38 bits per heavy atom. The second kappa shape index (κ2) is 7.43. The molecule has 0 radical (unpaired) electrons. The maximum Gasteiger partial charge on any atom is 0.410 e. The molecule has 7 nitrogen and oxygen atoms in total. The number of carbonyl (C=O) groups excluding carboxylic acids is 1. The van der Waals surface area contributed by atoms with Gasteiger partial charge in [0.1, 0.15) is 11.6 Å². The summed E-state index contributed by atoms with van der Waals surface area (Å²) < 4.78 is 5.49. The highest BCUT2D eigenvalue weighted by Gasteiger charge is 2.33. The summed E-state index contributed by atoms with van der Waals surface area (Å²) in [6, 6.07) is 10.3. The van der Waals surface area contributed by atoms with E-state index >= 15 is 0 Å². The van der Waals surface area contributed by atoms with Crippen LogP contribution < -0.4 is 0 Å². The van der Waals surface area contributed by atoms with Crippen LogP contribution in [0.2, 0.25) is 0 Å². The first-order valence-corrected chi connectivity index (χ1v) is 9.12. The lowest BCUT2D eigenvalue weighted by atomic mass is 9.86. The molecule has 0 N–H and O–H groups in total. The SMILES string of the molecule is Cc1nnn([C@@H](c2ccccc2)C2CCN(C(=O)OC(C)(C)C)CC2)n1. The standard InChI is InChI=1S/C19H27N5O2/c1-14-20-22-24(21-14)17(15-8-6-5-7-9-15)16-10-12-23(13-11-16)18(25)26-19(2,3)4/h5-9,16-17H,10-13H2,1-4H3/t17-/m0/s1. The highest BCUT2D eigenvalue weighted by atomic mass is 16.6. The highest BCUT2D eigenvalue weighted by molar-refractivity contribution is 5.68. The maximum atomic E-state index is 12.3. The lowest BCUT2D eigenvalue weighted by Gasteiger charge is -2.36. The van der Waals surface area contributed by atoms with Crippen LogP contribution in [-0.4, -0.2) is 49.9 Å². The fourth-order valence-electron chi connectivity index (χ4n) is 3.39. The monoisotopic (exact) mass is 357 g/mol. The van der Waals surface area contributed by atoms with Gasteiger partial charge in [0.15, 0.2) is 5.82 Å². The molecule has 26 heavy (non-hydrogen) atoms. The summed E-state index contributed by atoms with van der Waals surface area (Å²) in [4.78, 5) is 15.8. The number of piperidine rings is 1. The zero-order valence-corrected chi connectivity index (χ0v) is 15.9. The Balaban J connectivity index is 1.73. The lowest BCUT2D eigenvalue weighted by Crippen LogP contribution is -2.43. The van der Waals surface area contributed by atoms with Crippen molar-refractivity contribution < 1.29 is 9.53 Å². The van der Waals surface area contributed by atoms with Gasteiger partial charge in [-0.3, -0.25) is 0 Å². The van der Waals surface area contributed by atoms with Crippen LogP contribution in [0.25, 0.3) is 0 Å². The van der Waals surface area contributed by atoms with Gasteiger partial charge >= 0.3 is 6.09 Å². The van der Waals surface area contributed by atoms with Crippen LogP contribution in [0.4, 0.5) is 4.79 Å². The van der Waals surface area contributed by atoms with E-state index in [0.29, 0.717) is 24.8 Å². The van der Waals surface area contributed by atoms with Gasteiger partial charge in [0, 0.05) is 13.1 Å². The predicted octanol–water partition coefficient (Wildman–Crippen LogP) is 3.22. The van der Waals surface area contributed by atoms with E-state index in [4.69, 9.17) is 4.74 Å². The molecule has 1 fully saturated rings. The third kappa shape index (κ3) is 4.39. The number of likely N-dealkylation sites (tertiary alicyclic amines) is 1. The molecule has 2 heterocycles. The van der Waals surface area contributed by atoms with Gasteiger partial charge < -0.3 is 9.64 Å². The topological polar surface area (TPSA) is 73.1 Å². The lowest BCUT2D eigenvalue weighted by molar-refractivity contribution is 0.0165. The highest BCUT2D eigenvalue weighted by Crippen LogP contribution is 2.33. The van der Waals surface area contributed by atoms with Crippen LogP contribution >= 0.6 is 0 Å². The number of amides is 1. The molecular weight excluding hydrogens is 330 g/mol. The summed E-state index contributed by atoms with van der Waals surface area (Å²) in [6.07, 6.45) is 1.51. The molecule has 1 aromatic carbocycles. The molecule has 1 aliphatic rings. The van der Waals surface area contributed by atoms with Crippen LogP contribution in [0.5, 0.6) is 0 Å². The number of tetrazole rings is 1. The Bertz CT molecular complexity index is 730. The van der Waals surface area contributed by atoms with E-state index in [-0.39, 0.29) is 12.1 Å². The summed E-state index contributed by atoms with van der Waals surface area (Å²) in [5, 5.41) is 12.7. The largest absolute Gasteiger partial charge is 0.444 e. The third-order valence-corrected chi connectivity index (χ3v) is 4.56. The minimum Gasteiger partial charge on any atom is -0.444 e. The first-order valence-electron chi connectivity index (χ1n) is 9.12. The molecule has 0 aliphatic carbocycles. The fraction of sp³-hybridized carbons (Fsp3) is 0.579. The Labute approximate surface area is 154 Å². The van der Waals surface area contributed by atoms with Crippen molar-refractivity contribution in [1.29, 1.82) is 0 Å². The van der Waals surface area contributed by atoms with Crippen molar-refractivity contribution in [2.24, 2.45) is 5.92 Å². The zero-order chi connectivity index (χ0) is 18.7. The molecule has 3 rings (SSSR count). The third-order valence-electron chi connectivity index (χ3n) is 4.56. The number of ether oxygens (including phenoxy) is 1. The van der Waals surface area contributed by atoms with Crippen LogP contribution in [0.15, 0.2) is 30.3 Å². The molecule has 140 valence electrons. The van der Waals surface area contributed by atoms with E-state index in [2.05, 4.69) is 27.5 Å². The Hall–Kier alpha value is -2.44. The van der Waals surface area contributed by atoms with Crippen molar-refractivity contribution in [3.8, 4) is 0 Å². The van der Waals surface area contributed by atoms with Gasteiger partial charge in [-0.1, -0.05) is 30.3 Å². The number of aryl methyl sites for hydroxylation is 1. The van der Waals surface area contributed by atoms with Gasteiger partial charge in [-0.05, 0) is 57.2 Å². The number of rotatable bonds is 3. The van der Waals surface area contributed by atoms with Gasteiger partial charge in [-0.2, -0.15) is 4.80 Å². The number of nitrogens with zero attached hydrogens (tertiary/aromatic N) is 5. The molecule has 2 aromatic rings. The number of benzene rings is 1. The molecule has 1 saturated heterocycles. The van der Waals surface area contributed by atoms with Crippen LogP contribution in [0, 0.1) is 12.8 Å². The van der Waals surface area contributed by atoms with E-state index in [1.165, 1.54) is 5.56 Å². The van der Waals surface area contributed by atoms with Crippen molar-refractivity contribution in [3.63, 3.8) is 0 Å². The van der Waals surface area contributed by atoms with Gasteiger partial charge in [0.25, 0.3) is 0 Å². The van der Waals surface area contributed by atoms with E-state index in [9.17, 15) is 4.79 Å². The van der Waals surface area contributed by atoms with Crippen molar-refractivity contribution in [1.82, 2.24) is 25.1 Å². The molecule has 0 spiro atoms. The second-order valence-corrected chi connectivity index (χ2v) is 7.82. The van der Waals surface area contributed by atoms with E-state index < -0.39 is 5.60 Å². The van der Waals surface area contributed by atoms with Gasteiger partial charge in [-0.15, -0.1) is 10.2 Å². The summed E-state index contributed by atoms with van der Waals surface area (Å²) in [5.74, 6) is 1.00. The minimum atomic E-state index is -0.470. The average molecular weight is 357 g/mol. The summed E-state index contributed by atoms with van der Waals surface area (Å²) in [5.41, 5.74) is 0.698. The molecule has 1 amide bonds. The van der Waals surface area contributed by atoms with Crippen LogP contribution in [0.3, 0.4) is 0 Å².